The number of aromatic nitrogens is 2. The molecule has 146 valence electrons. The molecule has 8 heteroatoms. The summed E-state index contributed by atoms with van der Waals surface area (Å²) in [6.45, 7) is 3.10. The van der Waals surface area contributed by atoms with Crippen LogP contribution in [0.1, 0.15) is 36.0 Å². The quantitative estimate of drug-likeness (QED) is 0.713. The molecule has 2 heterocycles. The maximum Gasteiger partial charge on any atom is 0.317 e. The van der Waals surface area contributed by atoms with Gasteiger partial charge in [-0.25, -0.2) is 4.79 Å². The molecule has 1 atom stereocenters. The van der Waals surface area contributed by atoms with Gasteiger partial charge in [0.05, 0.1) is 13.2 Å². The Morgan fingerprint density at radius 1 is 1.33 bits per heavy atom. The number of hydrogen-bond acceptors (Lipinski definition) is 6. The number of benzene rings is 1. The highest BCUT2D eigenvalue weighted by molar-refractivity contribution is 5.74. The third-order valence-electron chi connectivity index (χ3n) is 4.48. The van der Waals surface area contributed by atoms with Crippen LogP contribution in [0.15, 0.2) is 34.9 Å². The van der Waals surface area contributed by atoms with Crippen LogP contribution in [0.4, 0.5) is 4.79 Å². The maximum atomic E-state index is 12.2. The van der Waals surface area contributed by atoms with Crippen LogP contribution in [0.2, 0.25) is 0 Å². The van der Waals surface area contributed by atoms with Crippen molar-refractivity contribution in [1.29, 1.82) is 0 Å². The minimum Gasteiger partial charge on any atom is -0.383 e. The lowest BCUT2D eigenvalue weighted by atomic mass is 9.98. The lowest BCUT2D eigenvalue weighted by Gasteiger charge is -2.31. The molecule has 1 fully saturated rings. The number of methoxy groups -OCH3 is 1. The number of nitrogens with one attached hydrogen (secondary N) is 1. The molecule has 3 rings (SSSR count). The molecule has 1 aliphatic rings. The molecule has 1 unspecified atom stereocenters. The lowest BCUT2D eigenvalue weighted by Crippen LogP contribution is -2.45. The molecule has 8 nitrogen and oxygen atoms in total. The fourth-order valence-electron chi connectivity index (χ4n) is 3.07. The van der Waals surface area contributed by atoms with E-state index in [4.69, 9.17) is 14.0 Å². The first-order valence-corrected chi connectivity index (χ1v) is 9.22. The van der Waals surface area contributed by atoms with Crippen LogP contribution in [0.5, 0.6) is 0 Å². The molecule has 0 aliphatic carbocycles. The molecule has 1 aromatic carbocycles. The summed E-state index contributed by atoms with van der Waals surface area (Å²) in [7, 11) is 1.61. The van der Waals surface area contributed by atoms with Gasteiger partial charge in [-0.3, -0.25) is 0 Å². The third kappa shape index (κ3) is 5.77. The van der Waals surface area contributed by atoms with Crippen molar-refractivity contribution in [2.45, 2.75) is 32.0 Å². The van der Waals surface area contributed by atoms with E-state index in [-0.39, 0.29) is 18.6 Å². The summed E-state index contributed by atoms with van der Waals surface area (Å²) in [6, 6.07) is 9.86. The molecule has 1 aromatic heterocycles. The number of urea groups is 1. The molecule has 27 heavy (non-hydrogen) atoms. The number of rotatable bonds is 8. The van der Waals surface area contributed by atoms with E-state index in [1.165, 1.54) is 0 Å². The first kappa shape index (κ1) is 19.3. The van der Waals surface area contributed by atoms with Crippen LogP contribution < -0.4 is 5.32 Å². The highest BCUT2D eigenvalue weighted by Crippen LogP contribution is 2.25. The van der Waals surface area contributed by atoms with Crippen LogP contribution >= 0.6 is 0 Å². The number of carbonyl (C=O) groups excluding carboxylic acids is 1. The van der Waals surface area contributed by atoms with E-state index in [2.05, 4.69) is 15.5 Å². The summed E-state index contributed by atoms with van der Waals surface area (Å²) in [5.74, 6) is 1.18. The van der Waals surface area contributed by atoms with Crippen LogP contribution in [0.25, 0.3) is 0 Å². The summed E-state index contributed by atoms with van der Waals surface area (Å²) < 4.78 is 15.9. The van der Waals surface area contributed by atoms with E-state index in [1.807, 2.05) is 30.3 Å². The van der Waals surface area contributed by atoms with Gasteiger partial charge in [-0.05, 0) is 18.4 Å². The second-order valence-corrected chi connectivity index (χ2v) is 6.53. The average molecular weight is 374 g/mol. The van der Waals surface area contributed by atoms with E-state index in [9.17, 15) is 4.79 Å². The molecular weight excluding hydrogens is 348 g/mol. The molecule has 2 amide bonds. The van der Waals surface area contributed by atoms with Gasteiger partial charge in [0.25, 0.3) is 5.89 Å². The van der Waals surface area contributed by atoms with Crippen molar-refractivity contribution in [3.63, 3.8) is 0 Å². The van der Waals surface area contributed by atoms with Crippen molar-refractivity contribution in [3.05, 3.63) is 47.6 Å². The van der Waals surface area contributed by atoms with Crippen molar-refractivity contribution >= 4 is 6.03 Å². The predicted molar refractivity (Wildman–Crippen MR) is 98.1 cm³/mol. The van der Waals surface area contributed by atoms with Gasteiger partial charge in [0.2, 0.25) is 0 Å². The van der Waals surface area contributed by atoms with Gasteiger partial charge < -0.3 is 24.2 Å². The molecule has 0 bridgehead atoms. The predicted octanol–water partition coefficient (Wildman–Crippen LogP) is 2.32. The van der Waals surface area contributed by atoms with Gasteiger partial charge in [0, 0.05) is 32.7 Å². The average Bonchev–Trinajstić information content (AvgIpc) is 3.18. The fourth-order valence-corrected chi connectivity index (χ4v) is 3.07. The largest absolute Gasteiger partial charge is 0.383 e. The number of amides is 2. The van der Waals surface area contributed by atoms with E-state index >= 15 is 0 Å². The Balaban J connectivity index is 1.47. The Bertz CT molecular complexity index is 707. The molecule has 1 N–H and O–H groups in total. The van der Waals surface area contributed by atoms with E-state index in [1.54, 1.807) is 12.0 Å². The third-order valence-corrected chi connectivity index (χ3v) is 4.48. The topological polar surface area (TPSA) is 89.7 Å². The van der Waals surface area contributed by atoms with Gasteiger partial charge in [-0.15, -0.1) is 0 Å². The van der Waals surface area contributed by atoms with E-state index in [0.29, 0.717) is 38.0 Å². The van der Waals surface area contributed by atoms with Crippen LogP contribution in [-0.4, -0.2) is 54.4 Å². The van der Waals surface area contributed by atoms with Crippen molar-refractivity contribution < 1.29 is 18.8 Å². The number of ether oxygens (including phenoxy) is 2. The standard InChI is InChI=1S/C19H26N4O4/c1-25-11-9-20-19(24)23-10-5-8-16(12-23)18-21-17(27-22-18)14-26-13-15-6-3-2-4-7-15/h2-4,6-7,16H,5,8-14H2,1H3,(H,20,24). The number of nitrogens with zero attached hydrogens (tertiary/aromatic N) is 3. The lowest BCUT2D eigenvalue weighted by molar-refractivity contribution is 0.0850. The highest BCUT2D eigenvalue weighted by atomic mass is 16.5. The molecule has 0 saturated carbocycles. The zero-order valence-corrected chi connectivity index (χ0v) is 15.6. The molecular formula is C19H26N4O4. The highest BCUT2D eigenvalue weighted by Gasteiger charge is 2.27. The normalized spacial score (nSPS) is 17.1. The number of carbonyl (C=O) groups is 1. The second kappa shape index (κ2) is 10.0. The van der Waals surface area contributed by atoms with Gasteiger partial charge in [0.1, 0.15) is 6.61 Å². The van der Waals surface area contributed by atoms with E-state index < -0.39 is 0 Å². The van der Waals surface area contributed by atoms with Crippen molar-refractivity contribution in [2.75, 3.05) is 33.4 Å². The zero-order chi connectivity index (χ0) is 18.9. The van der Waals surface area contributed by atoms with Crippen molar-refractivity contribution in [2.24, 2.45) is 0 Å². The number of likely N-dealkylation sites (tertiary alicyclic amines) is 1. The Morgan fingerprint density at radius 2 is 2.19 bits per heavy atom. The fraction of sp³-hybridized carbons (Fsp3) is 0.526. The zero-order valence-electron chi connectivity index (χ0n) is 15.6. The van der Waals surface area contributed by atoms with Gasteiger partial charge in [-0.2, -0.15) is 4.98 Å². The van der Waals surface area contributed by atoms with Gasteiger partial charge in [-0.1, -0.05) is 35.5 Å². The molecule has 0 radical (unpaired) electrons. The minimum absolute atomic E-state index is 0.0772. The van der Waals surface area contributed by atoms with Crippen LogP contribution in [-0.2, 0) is 22.7 Å². The molecule has 1 saturated heterocycles. The summed E-state index contributed by atoms with van der Waals surface area (Å²) in [5, 5.41) is 6.94. The Kier molecular flexibility index (Phi) is 7.18. The number of piperidine rings is 1. The summed E-state index contributed by atoms with van der Waals surface area (Å²) in [5.41, 5.74) is 1.10. The number of hydrogen-bond donors (Lipinski definition) is 1. The monoisotopic (exact) mass is 374 g/mol. The Labute approximate surface area is 158 Å². The summed E-state index contributed by atoms with van der Waals surface area (Å²) in [4.78, 5) is 18.5. The Morgan fingerprint density at radius 3 is 3.00 bits per heavy atom. The van der Waals surface area contributed by atoms with Crippen molar-refractivity contribution in [1.82, 2.24) is 20.4 Å². The van der Waals surface area contributed by atoms with Gasteiger partial charge in [0.15, 0.2) is 5.82 Å². The molecule has 1 aliphatic heterocycles. The summed E-state index contributed by atoms with van der Waals surface area (Å²) in [6.07, 6.45) is 1.85. The smallest absolute Gasteiger partial charge is 0.317 e. The first-order chi connectivity index (χ1) is 13.3. The van der Waals surface area contributed by atoms with E-state index in [0.717, 1.165) is 24.9 Å². The summed E-state index contributed by atoms with van der Waals surface area (Å²) >= 11 is 0. The maximum absolute atomic E-state index is 12.2. The van der Waals surface area contributed by atoms with Crippen LogP contribution in [0.3, 0.4) is 0 Å². The first-order valence-electron chi connectivity index (χ1n) is 9.22. The van der Waals surface area contributed by atoms with Crippen LogP contribution in [0, 0.1) is 0 Å². The second-order valence-electron chi connectivity index (χ2n) is 6.53. The molecule has 0 spiro atoms. The minimum atomic E-state index is -0.0772. The van der Waals surface area contributed by atoms with Gasteiger partial charge >= 0.3 is 6.03 Å². The Hall–Kier alpha value is -2.45. The van der Waals surface area contributed by atoms with Crippen molar-refractivity contribution in [3.8, 4) is 0 Å². The molecule has 2 aromatic rings. The SMILES string of the molecule is COCCNC(=O)N1CCCC(c2noc(COCc3ccccc3)n2)C1.